The van der Waals surface area contributed by atoms with Crippen molar-refractivity contribution in [2.24, 2.45) is 21.6 Å². The molecule has 1 spiro atoms. The van der Waals surface area contributed by atoms with Crippen molar-refractivity contribution in [1.82, 2.24) is 9.96 Å². The zero-order valence-corrected chi connectivity index (χ0v) is 17.1. The normalized spacial score (nSPS) is 30.1. The van der Waals surface area contributed by atoms with Gasteiger partial charge in [0.25, 0.3) is 0 Å². The molecule has 7 heteroatoms. The summed E-state index contributed by atoms with van der Waals surface area (Å²) in [6, 6.07) is 9.94. The molecule has 2 bridgehead atoms. The van der Waals surface area contributed by atoms with Crippen LogP contribution in [0.1, 0.15) is 37.7 Å². The molecule has 2 saturated heterocycles. The Kier molecular flexibility index (Phi) is 4.02. The van der Waals surface area contributed by atoms with Gasteiger partial charge in [-0.3, -0.25) is 4.84 Å². The Morgan fingerprint density at radius 2 is 2.00 bits per heavy atom. The van der Waals surface area contributed by atoms with Gasteiger partial charge in [-0.25, -0.2) is 9.79 Å². The van der Waals surface area contributed by atoms with Crippen LogP contribution in [0.25, 0.3) is 0 Å². The molecule has 7 nitrogen and oxygen atoms in total. The Morgan fingerprint density at radius 3 is 2.70 bits per heavy atom. The number of carbonyl (C=O) groups is 1. The third-order valence-electron chi connectivity index (χ3n) is 7.67. The van der Waals surface area contributed by atoms with E-state index in [4.69, 9.17) is 15.3 Å². The standard InChI is InChI=1S/C23H28N4O3/c24-15-23(9-10-23)19-6-11-25-20(30-19)17-12-22(7-8-22)18-13-26(17)21(28)27(18)29-14-16-4-2-1-3-5-16/h1-6,17-18H,7-15,24H2/t17-,18-/m0/s1. The van der Waals surface area contributed by atoms with E-state index in [2.05, 4.69) is 11.1 Å². The first-order chi connectivity index (χ1) is 14.6. The second-order valence-corrected chi connectivity index (χ2v) is 9.45. The first-order valence-electron chi connectivity index (χ1n) is 11.0. The summed E-state index contributed by atoms with van der Waals surface area (Å²) < 4.78 is 6.31. The summed E-state index contributed by atoms with van der Waals surface area (Å²) in [5.41, 5.74) is 7.20. The summed E-state index contributed by atoms with van der Waals surface area (Å²) in [6.07, 6.45) is 7.36. The average molecular weight is 409 g/mol. The highest BCUT2D eigenvalue weighted by Crippen LogP contribution is 2.60. The SMILES string of the molecule is NCC1(C2=CCN=C([C@@H]3CC4(CC4)[C@@H]4CN3C(=O)N4OCc3ccccc3)O2)CC1. The van der Waals surface area contributed by atoms with Crippen LogP contribution >= 0.6 is 0 Å². The van der Waals surface area contributed by atoms with E-state index in [0.717, 1.165) is 43.4 Å². The molecule has 1 aromatic carbocycles. The zero-order chi connectivity index (χ0) is 20.3. The first-order valence-corrected chi connectivity index (χ1v) is 11.0. The number of aliphatic imine (C=N–C) groups is 1. The third-order valence-corrected chi connectivity index (χ3v) is 7.67. The number of amides is 2. The van der Waals surface area contributed by atoms with Crippen LogP contribution in [0.3, 0.4) is 0 Å². The number of urea groups is 1. The highest BCUT2D eigenvalue weighted by molar-refractivity contribution is 5.90. The number of carbonyl (C=O) groups excluding carboxylic acids is 1. The number of hydrogen-bond acceptors (Lipinski definition) is 5. The van der Waals surface area contributed by atoms with Crippen molar-refractivity contribution < 1.29 is 14.4 Å². The molecule has 3 aliphatic heterocycles. The van der Waals surface area contributed by atoms with E-state index in [0.29, 0.717) is 32.1 Å². The van der Waals surface area contributed by atoms with Gasteiger partial charge >= 0.3 is 6.03 Å². The molecule has 2 atom stereocenters. The summed E-state index contributed by atoms with van der Waals surface area (Å²) >= 11 is 0. The zero-order valence-electron chi connectivity index (χ0n) is 17.1. The van der Waals surface area contributed by atoms with Crippen LogP contribution in [0.4, 0.5) is 4.79 Å². The minimum absolute atomic E-state index is 0.00446. The van der Waals surface area contributed by atoms with E-state index >= 15 is 0 Å². The Balaban J connectivity index is 1.21. The van der Waals surface area contributed by atoms with Crippen molar-refractivity contribution in [3.05, 3.63) is 47.7 Å². The molecule has 3 heterocycles. The summed E-state index contributed by atoms with van der Waals surface area (Å²) in [7, 11) is 0. The summed E-state index contributed by atoms with van der Waals surface area (Å²) in [5, 5.41) is 1.64. The maximum atomic E-state index is 13.3. The molecule has 2 N–H and O–H groups in total. The highest BCUT2D eigenvalue weighted by atomic mass is 16.7. The number of ether oxygens (including phenoxy) is 1. The molecule has 2 aliphatic carbocycles. The number of hydrogen-bond donors (Lipinski definition) is 1. The lowest BCUT2D eigenvalue weighted by atomic mass is 9.85. The van der Waals surface area contributed by atoms with Crippen molar-refractivity contribution in [3.63, 3.8) is 0 Å². The summed E-state index contributed by atoms with van der Waals surface area (Å²) in [6.45, 7) is 2.30. The lowest BCUT2D eigenvalue weighted by molar-refractivity contribution is -0.153. The maximum Gasteiger partial charge on any atom is 0.345 e. The van der Waals surface area contributed by atoms with Crippen LogP contribution < -0.4 is 5.73 Å². The number of fused-ring (bicyclic) bond motifs is 3. The quantitative estimate of drug-likeness (QED) is 0.785. The number of piperidine rings is 1. The van der Waals surface area contributed by atoms with Crippen LogP contribution in [0.5, 0.6) is 0 Å². The molecule has 158 valence electrons. The lowest BCUT2D eigenvalue weighted by Crippen LogP contribution is -2.50. The minimum Gasteiger partial charge on any atom is -0.445 e. The second kappa shape index (κ2) is 6.56. The summed E-state index contributed by atoms with van der Waals surface area (Å²) in [5.74, 6) is 1.65. The van der Waals surface area contributed by atoms with E-state index in [1.54, 1.807) is 5.06 Å². The molecule has 4 fully saturated rings. The first kappa shape index (κ1) is 18.4. The van der Waals surface area contributed by atoms with Crippen LogP contribution in [0, 0.1) is 10.8 Å². The van der Waals surface area contributed by atoms with Crippen LogP contribution in [0.2, 0.25) is 0 Å². The Labute approximate surface area is 176 Å². The van der Waals surface area contributed by atoms with Gasteiger partial charge in [0.05, 0.1) is 12.6 Å². The van der Waals surface area contributed by atoms with Gasteiger partial charge in [-0.05, 0) is 49.2 Å². The highest BCUT2D eigenvalue weighted by Gasteiger charge is 2.64. The molecule has 5 aliphatic rings. The lowest BCUT2D eigenvalue weighted by Gasteiger charge is -2.38. The molecule has 1 aromatic rings. The van der Waals surface area contributed by atoms with Gasteiger partial charge in [0.1, 0.15) is 18.4 Å². The molecular formula is C23H28N4O3. The molecule has 30 heavy (non-hydrogen) atoms. The molecule has 2 saturated carbocycles. The molecule has 0 unspecified atom stereocenters. The Hall–Kier alpha value is -2.38. The monoisotopic (exact) mass is 408 g/mol. The number of rotatable bonds is 6. The van der Waals surface area contributed by atoms with Crippen molar-refractivity contribution in [2.75, 3.05) is 19.6 Å². The Bertz CT molecular complexity index is 920. The van der Waals surface area contributed by atoms with Crippen molar-refractivity contribution in [3.8, 4) is 0 Å². The van der Waals surface area contributed by atoms with E-state index < -0.39 is 0 Å². The smallest absolute Gasteiger partial charge is 0.345 e. The van der Waals surface area contributed by atoms with Gasteiger partial charge in [0.15, 0.2) is 0 Å². The topological polar surface area (TPSA) is 80.4 Å². The van der Waals surface area contributed by atoms with E-state index in [9.17, 15) is 4.79 Å². The van der Waals surface area contributed by atoms with E-state index in [1.807, 2.05) is 35.2 Å². The van der Waals surface area contributed by atoms with Crippen molar-refractivity contribution >= 4 is 11.9 Å². The largest absolute Gasteiger partial charge is 0.445 e. The predicted octanol–water partition coefficient (Wildman–Crippen LogP) is 2.83. The molecule has 0 radical (unpaired) electrons. The summed E-state index contributed by atoms with van der Waals surface area (Å²) in [4.78, 5) is 25.9. The number of hydroxylamine groups is 2. The number of nitrogens with two attached hydrogens (primary N) is 1. The average Bonchev–Trinajstić information content (AvgIpc) is 3.72. The second-order valence-electron chi connectivity index (χ2n) is 9.45. The van der Waals surface area contributed by atoms with Gasteiger partial charge in [-0.15, -0.1) is 0 Å². The van der Waals surface area contributed by atoms with Crippen LogP contribution in [-0.2, 0) is 16.2 Å². The van der Waals surface area contributed by atoms with Crippen LogP contribution in [0.15, 0.2) is 47.2 Å². The fourth-order valence-electron chi connectivity index (χ4n) is 5.32. The number of benzene rings is 1. The predicted molar refractivity (Wildman–Crippen MR) is 111 cm³/mol. The van der Waals surface area contributed by atoms with Gasteiger partial charge in [-0.2, -0.15) is 5.06 Å². The maximum absolute atomic E-state index is 13.3. The Morgan fingerprint density at radius 1 is 1.20 bits per heavy atom. The third kappa shape index (κ3) is 2.79. The van der Waals surface area contributed by atoms with Crippen molar-refractivity contribution in [2.45, 2.75) is 50.8 Å². The van der Waals surface area contributed by atoms with E-state index in [-0.39, 0.29) is 28.9 Å². The molecule has 2 amide bonds. The van der Waals surface area contributed by atoms with Crippen LogP contribution in [-0.4, -0.2) is 53.6 Å². The fourth-order valence-corrected chi connectivity index (χ4v) is 5.32. The minimum atomic E-state index is -0.112. The van der Waals surface area contributed by atoms with Gasteiger partial charge in [0.2, 0.25) is 5.90 Å². The number of nitrogens with zero attached hydrogens (tertiary/aromatic N) is 3. The molecule has 6 rings (SSSR count). The van der Waals surface area contributed by atoms with Gasteiger partial charge in [-0.1, -0.05) is 30.3 Å². The molecular weight excluding hydrogens is 380 g/mol. The van der Waals surface area contributed by atoms with Crippen molar-refractivity contribution in [1.29, 1.82) is 0 Å². The molecule has 0 aromatic heterocycles. The van der Waals surface area contributed by atoms with E-state index in [1.165, 1.54) is 0 Å². The fraction of sp³-hybridized carbons (Fsp3) is 0.565. The van der Waals surface area contributed by atoms with Gasteiger partial charge < -0.3 is 15.4 Å². The van der Waals surface area contributed by atoms with Gasteiger partial charge in [0, 0.05) is 18.5 Å².